The number of hydrogen-bond acceptors (Lipinski definition) is 9. The molecular formula is C22H26O9. The van der Waals surface area contributed by atoms with Crippen molar-refractivity contribution in [2.75, 3.05) is 13.2 Å². The molecule has 2 saturated heterocycles. The maximum Gasteiger partial charge on any atom is 0.343 e. The maximum atomic E-state index is 12.6. The Morgan fingerprint density at radius 1 is 1.32 bits per heavy atom. The lowest BCUT2D eigenvalue weighted by Gasteiger charge is -2.47. The summed E-state index contributed by atoms with van der Waals surface area (Å²) in [5.41, 5.74) is -1.18. The third-order valence-electron chi connectivity index (χ3n) is 6.23. The smallest absolute Gasteiger partial charge is 0.343 e. The van der Waals surface area contributed by atoms with E-state index in [1.807, 2.05) is 6.92 Å². The van der Waals surface area contributed by atoms with Crippen molar-refractivity contribution < 1.29 is 43.2 Å². The zero-order valence-corrected chi connectivity index (χ0v) is 17.9. The van der Waals surface area contributed by atoms with E-state index in [0.29, 0.717) is 17.6 Å². The van der Waals surface area contributed by atoms with Crippen LogP contribution in [0.4, 0.5) is 0 Å². The molecule has 9 heteroatoms. The van der Waals surface area contributed by atoms with E-state index in [2.05, 4.69) is 0 Å². The minimum atomic E-state index is -1.13. The van der Waals surface area contributed by atoms with Crippen molar-refractivity contribution in [3.8, 4) is 0 Å². The fourth-order valence-electron chi connectivity index (χ4n) is 4.62. The summed E-state index contributed by atoms with van der Waals surface area (Å²) in [5.74, 6) is -1.61. The summed E-state index contributed by atoms with van der Waals surface area (Å²) in [5, 5.41) is 10.9. The Labute approximate surface area is 179 Å². The topological polar surface area (TPSA) is 118 Å². The van der Waals surface area contributed by atoms with Gasteiger partial charge in [0.15, 0.2) is 0 Å². The standard InChI is InChI=1S/C22H26O9/c1-5-11(2)19(25)29-15-8-22-10-28-16(18(22)24)7-21(4,31-22)6-14-17(15)13(20(26)30-14)9-27-12(3)23/h5-6,15-16,18,24H,7-10H2,1-4H3/b11-5+,14-6+/t15-,16-,18-,21-,22-/m0/s1. The highest BCUT2D eigenvalue weighted by Crippen LogP contribution is 2.50. The number of esters is 3. The number of hydrogen-bond donors (Lipinski definition) is 1. The van der Waals surface area contributed by atoms with Crippen LogP contribution in [-0.4, -0.2) is 65.7 Å². The molecule has 0 unspecified atom stereocenters. The van der Waals surface area contributed by atoms with Gasteiger partial charge in [-0.3, -0.25) is 4.79 Å². The van der Waals surface area contributed by atoms with Gasteiger partial charge in [-0.1, -0.05) is 6.08 Å². The van der Waals surface area contributed by atoms with Crippen LogP contribution < -0.4 is 0 Å². The van der Waals surface area contributed by atoms with Gasteiger partial charge in [-0.2, -0.15) is 0 Å². The number of allylic oxidation sites excluding steroid dienone is 1. The normalized spacial score (nSPS) is 38.5. The monoisotopic (exact) mass is 434 g/mol. The van der Waals surface area contributed by atoms with Gasteiger partial charge in [-0.25, -0.2) is 9.59 Å². The summed E-state index contributed by atoms with van der Waals surface area (Å²) < 4.78 is 28.4. The average Bonchev–Trinajstić information content (AvgIpc) is 3.07. The fraction of sp³-hybridized carbons (Fsp3) is 0.591. The van der Waals surface area contributed by atoms with Crippen LogP contribution in [-0.2, 0) is 38.1 Å². The highest BCUT2D eigenvalue weighted by Gasteiger charge is 2.61. The molecule has 0 amide bonds. The summed E-state index contributed by atoms with van der Waals surface area (Å²) in [6.07, 6.45) is 1.34. The van der Waals surface area contributed by atoms with Crippen molar-refractivity contribution >= 4 is 17.9 Å². The Morgan fingerprint density at radius 2 is 2.06 bits per heavy atom. The minimum Gasteiger partial charge on any atom is -0.461 e. The lowest BCUT2D eigenvalue weighted by Crippen LogP contribution is -2.59. The van der Waals surface area contributed by atoms with Gasteiger partial charge >= 0.3 is 17.9 Å². The molecule has 2 fully saturated rings. The highest BCUT2D eigenvalue weighted by molar-refractivity contribution is 5.96. The Hall–Kier alpha value is -2.49. The lowest BCUT2D eigenvalue weighted by molar-refractivity contribution is -0.207. The Morgan fingerprint density at radius 3 is 2.74 bits per heavy atom. The molecule has 4 rings (SSSR count). The first kappa shape index (κ1) is 21.7. The molecule has 4 aliphatic heterocycles. The van der Waals surface area contributed by atoms with Crippen LogP contribution in [0.3, 0.4) is 0 Å². The van der Waals surface area contributed by atoms with E-state index < -0.39 is 47.4 Å². The van der Waals surface area contributed by atoms with E-state index in [1.54, 1.807) is 26.0 Å². The van der Waals surface area contributed by atoms with Crippen molar-refractivity contribution in [2.45, 2.75) is 70.1 Å². The molecule has 4 aliphatic rings. The Bertz CT molecular complexity index is 929. The predicted octanol–water partition coefficient (Wildman–Crippen LogP) is 1.25. The molecule has 0 aliphatic carbocycles. The second kappa shape index (κ2) is 7.58. The number of ether oxygens (including phenoxy) is 5. The van der Waals surface area contributed by atoms with Crippen molar-refractivity contribution in [1.82, 2.24) is 0 Å². The van der Waals surface area contributed by atoms with E-state index in [0.717, 1.165) is 0 Å². The van der Waals surface area contributed by atoms with Crippen LogP contribution in [0.1, 0.15) is 40.5 Å². The van der Waals surface area contributed by atoms with Crippen LogP contribution in [0, 0.1) is 0 Å². The molecule has 9 nitrogen and oxygen atoms in total. The zero-order valence-electron chi connectivity index (χ0n) is 17.9. The van der Waals surface area contributed by atoms with Crippen molar-refractivity contribution in [1.29, 1.82) is 0 Å². The summed E-state index contributed by atoms with van der Waals surface area (Å²) in [7, 11) is 0. The van der Waals surface area contributed by atoms with E-state index in [4.69, 9.17) is 23.7 Å². The molecule has 31 heavy (non-hydrogen) atoms. The molecule has 0 radical (unpaired) electrons. The van der Waals surface area contributed by atoms with Crippen molar-refractivity contribution in [2.24, 2.45) is 0 Å². The lowest BCUT2D eigenvalue weighted by atomic mass is 9.77. The summed E-state index contributed by atoms with van der Waals surface area (Å²) in [6, 6.07) is 0. The van der Waals surface area contributed by atoms with Crippen LogP contribution in [0.5, 0.6) is 0 Å². The molecule has 1 N–H and O–H groups in total. The van der Waals surface area contributed by atoms with Crippen LogP contribution in [0.15, 0.2) is 34.6 Å². The number of aliphatic hydroxyl groups excluding tert-OH is 1. The number of fused-ring (bicyclic) bond motifs is 3. The number of aliphatic hydroxyl groups is 1. The first-order valence-electron chi connectivity index (χ1n) is 10.2. The minimum absolute atomic E-state index is 0.0515. The molecule has 168 valence electrons. The average molecular weight is 434 g/mol. The molecule has 0 saturated carbocycles. The summed E-state index contributed by atoms with van der Waals surface area (Å²) in [4.78, 5) is 36.6. The molecule has 0 aromatic rings. The predicted molar refractivity (Wildman–Crippen MR) is 104 cm³/mol. The first-order valence-corrected chi connectivity index (χ1v) is 10.2. The SMILES string of the molecule is C/C=C(\C)C(=O)O[C@H]1C[C@@]23CO[C@@H](C[C@](C)(/C=C4/OC(=O)C(COC(C)=O)=C41)O2)[C@@H]3O. The van der Waals surface area contributed by atoms with E-state index in [9.17, 15) is 19.5 Å². The first-order chi connectivity index (χ1) is 14.6. The third-order valence-corrected chi connectivity index (χ3v) is 6.23. The molecule has 0 aromatic carbocycles. The summed E-state index contributed by atoms with van der Waals surface area (Å²) >= 11 is 0. The maximum absolute atomic E-state index is 12.6. The molecule has 5 atom stereocenters. The Balaban J connectivity index is 1.84. The molecule has 4 heterocycles. The van der Waals surface area contributed by atoms with Gasteiger partial charge in [0.1, 0.15) is 30.2 Å². The van der Waals surface area contributed by atoms with Gasteiger partial charge in [0.05, 0.1) is 23.9 Å². The molecule has 3 bridgehead atoms. The quantitative estimate of drug-likeness (QED) is 0.396. The largest absolute Gasteiger partial charge is 0.461 e. The number of carbonyl (C=O) groups excluding carboxylic acids is 3. The fourth-order valence-corrected chi connectivity index (χ4v) is 4.62. The van der Waals surface area contributed by atoms with Crippen molar-refractivity contribution in [3.63, 3.8) is 0 Å². The number of carbonyl (C=O) groups is 3. The summed E-state index contributed by atoms with van der Waals surface area (Å²) in [6.45, 7) is 6.19. The second-order valence-electron chi connectivity index (χ2n) is 8.62. The molecular weight excluding hydrogens is 408 g/mol. The highest BCUT2D eigenvalue weighted by atomic mass is 16.6. The zero-order chi connectivity index (χ0) is 22.6. The molecule has 1 spiro atoms. The van der Waals surface area contributed by atoms with Gasteiger partial charge in [0.25, 0.3) is 0 Å². The van der Waals surface area contributed by atoms with E-state index in [-0.39, 0.29) is 31.0 Å². The third kappa shape index (κ3) is 3.71. The van der Waals surface area contributed by atoms with Gasteiger partial charge in [-0.15, -0.1) is 0 Å². The van der Waals surface area contributed by atoms with Crippen LogP contribution in [0.2, 0.25) is 0 Å². The van der Waals surface area contributed by atoms with Gasteiger partial charge < -0.3 is 28.8 Å². The van der Waals surface area contributed by atoms with Gasteiger partial charge in [0, 0.05) is 30.9 Å². The second-order valence-corrected chi connectivity index (χ2v) is 8.62. The molecule has 0 aromatic heterocycles. The van der Waals surface area contributed by atoms with Gasteiger partial charge in [0.2, 0.25) is 0 Å². The van der Waals surface area contributed by atoms with E-state index in [1.165, 1.54) is 6.92 Å². The van der Waals surface area contributed by atoms with E-state index >= 15 is 0 Å². The van der Waals surface area contributed by atoms with Crippen LogP contribution in [0.25, 0.3) is 0 Å². The Kier molecular flexibility index (Phi) is 5.31. The van der Waals surface area contributed by atoms with Crippen molar-refractivity contribution in [3.05, 3.63) is 34.6 Å². The van der Waals surface area contributed by atoms with Gasteiger partial charge in [-0.05, 0) is 26.8 Å². The number of rotatable bonds is 4. The van der Waals surface area contributed by atoms with Crippen LogP contribution >= 0.6 is 0 Å².